The van der Waals surface area contributed by atoms with Gasteiger partial charge in [0.25, 0.3) is 5.91 Å². The molecular formula is C21H18N6O2. The molecule has 3 rings (SSSR count). The zero-order valence-corrected chi connectivity index (χ0v) is 15.9. The highest BCUT2D eigenvalue weighted by Gasteiger charge is 2.18. The molecular weight excluding hydrogens is 368 g/mol. The van der Waals surface area contributed by atoms with Crippen molar-refractivity contribution in [3.8, 4) is 29.1 Å². The van der Waals surface area contributed by atoms with Crippen LogP contribution in [0.4, 0.5) is 0 Å². The molecule has 0 bridgehead atoms. The minimum absolute atomic E-state index is 0.139. The van der Waals surface area contributed by atoms with E-state index >= 15 is 0 Å². The minimum atomic E-state index is -0.787. The second kappa shape index (κ2) is 7.83. The van der Waals surface area contributed by atoms with Crippen LogP contribution in [0.1, 0.15) is 19.4 Å². The number of hydrogen-bond donors (Lipinski definition) is 2. The highest BCUT2D eigenvalue weighted by atomic mass is 16.5. The summed E-state index contributed by atoms with van der Waals surface area (Å²) in [6, 6.07) is 9.43. The van der Waals surface area contributed by atoms with Crippen molar-refractivity contribution >= 4 is 23.0 Å². The summed E-state index contributed by atoms with van der Waals surface area (Å²) in [4.78, 5) is 23.0. The summed E-state index contributed by atoms with van der Waals surface area (Å²) in [5.74, 6) is -0.359. The summed E-state index contributed by atoms with van der Waals surface area (Å²) >= 11 is 0. The van der Waals surface area contributed by atoms with E-state index in [9.17, 15) is 4.79 Å². The molecule has 144 valence electrons. The number of primary amides is 1. The number of ether oxygens (including phenoxy) is 1. The minimum Gasteiger partial charge on any atom is -0.476 e. The molecule has 0 spiro atoms. The summed E-state index contributed by atoms with van der Waals surface area (Å²) < 4.78 is 5.57. The van der Waals surface area contributed by atoms with Crippen molar-refractivity contribution in [3.63, 3.8) is 0 Å². The number of amides is 1. The Bertz CT molecular complexity index is 1180. The molecule has 3 heterocycles. The van der Waals surface area contributed by atoms with Crippen LogP contribution in [0.15, 0.2) is 42.4 Å². The van der Waals surface area contributed by atoms with Gasteiger partial charge in [0.05, 0.1) is 11.5 Å². The average Bonchev–Trinajstić information content (AvgIpc) is 3.12. The number of aromatic amines is 1. The molecule has 29 heavy (non-hydrogen) atoms. The fourth-order valence-electron chi connectivity index (χ4n) is 2.54. The zero-order chi connectivity index (χ0) is 21.0. The van der Waals surface area contributed by atoms with Gasteiger partial charge in [0, 0.05) is 46.7 Å². The lowest BCUT2D eigenvalue weighted by atomic mass is 9.98. The number of nitriles is 2. The van der Waals surface area contributed by atoms with E-state index < -0.39 is 11.3 Å². The van der Waals surface area contributed by atoms with Crippen LogP contribution >= 0.6 is 0 Å². The van der Waals surface area contributed by atoms with Gasteiger partial charge in [-0.2, -0.15) is 10.5 Å². The molecule has 0 atom stereocenters. The molecule has 0 aliphatic heterocycles. The molecule has 0 aliphatic rings. The number of nitrogens with one attached hydrogen (secondary N) is 1. The van der Waals surface area contributed by atoms with E-state index in [1.54, 1.807) is 44.6 Å². The number of nitrogens with zero attached hydrogens (tertiary/aromatic N) is 4. The van der Waals surface area contributed by atoms with E-state index in [0.29, 0.717) is 17.1 Å². The van der Waals surface area contributed by atoms with Crippen molar-refractivity contribution in [2.45, 2.75) is 13.8 Å². The number of rotatable bonds is 6. The lowest BCUT2D eigenvalue weighted by Crippen LogP contribution is -2.19. The molecule has 3 N–H and O–H groups in total. The molecule has 0 fully saturated rings. The Morgan fingerprint density at radius 3 is 2.66 bits per heavy atom. The number of nitrogens with two attached hydrogens (primary N) is 1. The summed E-state index contributed by atoms with van der Waals surface area (Å²) in [7, 11) is 0. The van der Waals surface area contributed by atoms with Gasteiger partial charge >= 0.3 is 0 Å². The van der Waals surface area contributed by atoms with Crippen LogP contribution in [0.3, 0.4) is 0 Å². The van der Waals surface area contributed by atoms with Gasteiger partial charge in [-0.25, -0.2) is 9.97 Å². The van der Waals surface area contributed by atoms with Crippen LogP contribution in [0, 0.1) is 28.1 Å². The normalized spacial score (nSPS) is 11.7. The number of carbonyl (C=O) groups excluding carboxylic acids is 1. The van der Waals surface area contributed by atoms with E-state index in [-0.39, 0.29) is 12.2 Å². The largest absolute Gasteiger partial charge is 0.476 e. The molecule has 3 aromatic rings. The predicted molar refractivity (Wildman–Crippen MR) is 107 cm³/mol. The smallest absolute Gasteiger partial charge is 0.259 e. The number of hydrogen-bond acceptors (Lipinski definition) is 6. The molecule has 3 aromatic heterocycles. The number of fused-ring (bicyclic) bond motifs is 1. The van der Waals surface area contributed by atoms with Crippen LogP contribution in [-0.4, -0.2) is 27.5 Å². The maximum Gasteiger partial charge on any atom is 0.259 e. The molecule has 8 heteroatoms. The van der Waals surface area contributed by atoms with Gasteiger partial charge in [-0.05, 0) is 32.1 Å². The molecule has 0 aromatic carbocycles. The summed E-state index contributed by atoms with van der Waals surface area (Å²) in [6.07, 6.45) is 6.44. The van der Waals surface area contributed by atoms with E-state index in [1.807, 2.05) is 12.1 Å². The molecule has 1 amide bonds. The zero-order valence-electron chi connectivity index (χ0n) is 15.9. The Hall–Kier alpha value is -4.17. The Balaban J connectivity index is 1.89. The fourth-order valence-corrected chi connectivity index (χ4v) is 2.54. The van der Waals surface area contributed by atoms with Crippen molar-refractivity contribution in [2.75, 3.05) is 6.61 Å². The maximum atomic E-state index is 11.3. The SMILES string of the molecule is CC(C)(C#N)COc1ccc(-c2cnc3[nH]cc(/C=C(\C#N)C(N)=O)c3c2)cn1. The molecule has 0 radical (unpaired) electrons. The second-order valence-corrected chi connectivity index (χ2v) is 7.07. The Labute approximate surface area is 167 Å². The number of aromatic nitrogens is 3. The monoisotopic (exact) mass is 386 g/mol. The van der Waals surface area contributed by atoms with Gasteiger partial charge in [-0.1, -0.05) is 0 Å². The Morgan fingerprint density at radius 2 is 2.03 bits per heavy atom. The second-order valence-electron chi connectivity index (χ2n) is 7.07. The van der Waals surface area contributed by atoms with Gasteiger partial charge in [0.1, 0.15) is 23.9 Å². The Morgan fingerprint density at radius 1 is 1.28 bits per heavy atom. The average molecular weight is 386 g/mol. The fraction of sp³-hybridized carbons (Fsp3) is 0.190. The summed E-state index contributed by atoms with van der Waals surface area (Å²) in [5, 5.41) is 18.8. The van der Waals surface area contributed by atoms with Crippen molar-refractivity contribution in [2.24, 2.45) is 11.1 Å². The van der Waals surface area contributed by atoms with Crippen LogP contribution in [0.2, 0.25) is 0 Å². The van der Waals surface area contributed by atoms with Gasteiger partial charge in [0.15, 0.2) is 0 Å². The van der Waals surface area contributed by atoms with Crippen LogP contribution < -0.4 is 10.5 Å². The first-order valence-electron chi connectivity index (χ1n) is 8.72. The first-order valence-corrected chi connectivity index (χ1v) is 8.72. The van der Waals surface area contributed by atoms with Crippen molar-refractivity contribution in [1.29, 1.82) is 10.5 Å². The number of pyridine rings is 2. The molecule has 8 nitrogen and oxygen atoms in total. The third kappa shape index (κ3) is 4.40. The highest BCUT2D eigenvalue weighted by Crippen LogP contribution is 2.26. The first kappa shape index (κ1) is 19.6. The molecule has 0 unspecified atom stereocenters. The van der Waals surface area contributed by atoms with E-state index in [1.165, 1.54) is 6.08 Å². The summed E-state index contributed by atoms with van der Waals surface area (Å²) in [5.41, 5.74) is 7.35. The first-order chi connectivity index (χ1) is 13.8. The van der Waals surface area contributed by atoms with Crippen LogP contribution in [-0.2, 0) is 4.79 Å². The van der Waals surface area contributed by atoms with E-state index in [2.05, 4.69) is 21.0 Å². The molecule has 0 aliphatic carbocycles. The third-order valence-corrected chi connectivity index (χ3v) is 4.20. The van der Waals surface area contributed by atoms with E-state index in [4.69, 9.17) is 21.0 Å². The topological polar surface area (TPSA) is 141 Å². The lowest BCUT2D eigenvalue weighted by Gasteiger charge is -2.15. The van der Waals surface area contributed by atoms with Crippen LogP contribution in [0.5, 0.6) is 5.88 Å². The van der Waals surface area contributed by atoms with Gasteiger partial charge in [-0.15, -0.1) is 0 Å². The molecule has 0 saturated heterocycles. The van der Waals surface area contributed by atoms with Crippen molar-refractivity contribution < 1.29 is 9.53 Å². The lowest BCUT2D eigenvalue weighted by molar-refractivity contribution is -0.114. The molecule has 0 saturated carbocycles. The quantitative estimate of drug-likeness (QED) is 0.493. The van der Waals surface area contributed by atoms with Gasteiger partial charge in [-0.3, -0.25) is 4.79 Å². The number of H-pyrrole nitrogens is 1. The number of carbonyl (C=O) groups is 1. The van der Waals surface area contributed by atoms with Gasteiger partial charge < -0.3 is 15.5 Å². The van der Waals surface area contributed by atoms with E-state index in [0.717, 1.165) is 16.5 Å². The van der Waals surface area contributed by atoms with Crippen molar-refractivity contribution in [1.82, 2.24) is 15.0 Å². The standard InChI is InChI=1S/C21H18N6O2/c1-21(2,11-23)12-29-18-4-3-13(8-25-18)15-6-17-16(5-14(7-22)19(24)28)10-27-20(17)26-9-15/h3-6,8-10H,12H2,1-2H3,(H2,24,28)(H,26,27)/b14-5+. The maximum absolute atomic E-state index is 11.3. The van der Waals surface area contributed by atoms with Gasteiger partial charge in [0.2, 0.25) is 5.88 Å². The third-order valence-electron chi connectivity index (χ3n) is 4.20. The highest BCUT2D eigenvalue weighted by molar-refractivity contribution is 6.03. The Kier molecular flexibility index (Phi) is 5.29. The van der Waals surface area contributed by atoms with Crippen molar-refractivity contribution in [3.05, 3.63) is 47.9 Å². The summed E-state index contributed by atoms with van der Waals surface area (Å²) in [6.45, 7) is 3.83. The predicted octanol–water partition coefficient (Wildman–Crippen LogP) is 2.95. The van der Waals surface area contributed by atoms with Crippen LogP contribution in [0.25, 0.3) is 28.2 Å².